The number of hydrogen-bond donors (Lipinski definition) is 1. The Morgan fingerprint density at radius 1 is 1.25 bits per heavy atom. The van der Waals surface area contributed by atoms with Crippen molar-refractivity contribution in [2.75, 3.05) is 27.2 Å². The van der Waals surface area contributed by atoms with Gasteiger partial charge >= 0.3 is 0 Å². The number of nitrogens with zero attached hydrogens (tertiary/aromatic N) is 2. The monoisotopic (exact) mass is 221 g/mol. The third kappa shape index (κ3) is 4.29. The predicted molar refractivity (Wildman–Crippen MR) is 68.6 cm³/mol. The van der Waals surface area contributed by atoms with Crippen molar-refractivity contribution in [1.82, 2.24) is 15.2 Å². The Balaban J connectivity index is 2.22. The van der Waals surface area contributed by atoms with Crippen LogP contribution in [0.3, 0.4) is 0 Å². The van der Waals surface area contributed by atoms with Crippen LogP contribution in [0.5, 0.6) is 0 Å². The molecule has 3 nitrogen and oxygen atoms in total. The first-order chi connectivity index (χ1) is 7.52. The first-order valence-electron chi connectivity index (χ1n) is 5.79. The summed E-state index contributed by atoms with van der Waals surface area (Å²) in [7, 11) is 4.23. The van der Waals surface area contributed by atoms with Crippen LogP contribution in [0.4, 0.5) is 0 Å². The summed E-state index contributed by atoms with van der Waals surface area (Å²) >= 11 is 0. The maximum Gasteiger partial charge on any atom is 0.0271 e. The molecule has 1 rings (SSSR count). The van der Waals surface area contributed by atoms with E-state index in [1.54, 1.807) is 0 Å². The largest absolute Gasteiger partial charge is 0.315 e. The highest BCUT2D eigenvalue weighted by Gasteiger charge is 2.18. The van der Waals surface area contributed by atoms with Gasteiger partial charge in [-0.25, -0.2) is 0 Å². The fraction of sp³-hybridized carbons (Fsp3) is 0.615. The highest BCUT2D eigenvalue weighted by molar-refractivity contribution is 5.09. The van der Waals surface area contributed by atoms with Crippen molar-refractivity contribution in [2.45, 2.75) is 25.8 Å². The molecule has 0 spiro atoms. The third-order valence-electron chi connectivity index (χ3n) is 3.11. The maximum atomic E-state index is 4.01. The molecule has 0 bridgehead atoms. The summed E-state index contributed by atoms with van der Waals surface area (Å²) in [5.41, 5.74) is 1.54. The van der Waals surface area contributed by atoms with Gasteiger partial charge in [0.2, 0.25) is 0 Å². The highest BCUT2D eigenvalue weighted by Crippen LogP contribution is 2.07. The molecule has 0 atom stereocenters. The van der Waals surface area contributed by atoms with Crippen molar-refractivity contribution in [2.24, 2.45) is 0 Å². The smallest absolute Gasteiger partial charge is 0.0271 e. The third-order valence-corrected chi connectivity index (χ3v) is 3.11. The maximum absolute atomic E-state index is 4.01. The molecule has 3 heteroatoms. The molecule has 1 aromatic heterocycles. The van der Waals surface area contributed by atoms with Crippen molar-refractivity contribution in [3.63, 3.8) is 0 Å². The number of hydrogen-bond acceptors (Lipinski definition) is 3. The number of pyridine rings is 1. The lowest BCUT2D eigenvalue weighted by Gasteiger charge is -2.32. The lowest BCUT2D eigenvalue weighted by Crippen LogP contribution is -2.47. The van der Waals surface area contributed by atoms with Crippen LogP contribution in [-0.2, 0) is 6.42 Å². The SMILES string of the molecule is CN(C)C(C)(C)CNCCc1ccncc1. The van der Waals surface area contributed by atoms with Gasteiger partial charge in [-0.3, -0.25) is 4.98 Å². The van der Waals surface area contributed by atoms with E-state index in [4.69, 9.17) is 0 Å². The van der Waals surface area contributed by atoms with E-state index in [2.05, 4.69) is 55.3 Å². The summed E-state index contributed by atoms with van der Waals surface area (Å²) in [5, 5.41) is 3.49. The molecule has 0 fully saturated rings. The minimum Gasteiger partial charge on any atom is -0.315 e. The molecule has 0 amide bonds. The summed E-state index contributed by atoms with van der Waals surface area (Å²) < 4.78 is 0. The zero-order chi connectivity index (χ0) is 12.0. The van der Waals surface area contributed by atoms with Crippen molar-refractivity contribution in [3.8, 4) is 0 Å². The molecular weight excluding hydrogens is 198 g/mol. The summed E-state index contributed by atoms with van der Waals surface area (Å²) in [6.07, 6.45) is 4.75. The van der Waals surface area contributed by atoms with Gasteiger partial charge in [-0.15, -0.1) is 0 Å². The Bertz CT molecular complexity index is 293. The fourth-order valence-corrected chi connectivity index (χ4v) is 1.33. The highest BCUT2D eigenvalue weighted by atomic mass is 15.2. The average molecular weight is 221 g/mol. The molecule has 0 aromatic carbocycles. The van der Waals surface area contributed by atoms with Gasteiger partial charge < -0.3 is 10.2 Å². The van der Waals surface area contributed by atoms with Crippen LogP contribution in [0, 0.1) is 0 Å². The molecule has 0 radical (unpaired) electrons. The summed E-state index contributed by atoms with van der Waals surface area (Å²) in [5.74, 6) is 0. The Kier molecular flexibility index (Phi) is 4.90. The van der Waals surface area contributed by atoms with Gasteiger partial charge in [0.05, 0.1) is 0 Å². The Hall–Kier alpha value is -0.930. The Morgan fingerprint density at radius 3 is 2.44 bits per heavy atom. The van der Waals surface area contributed by atoms with E-state index < -0.39 is 0 Å². The van der Waals surface area contributed by atoms with Crippen molar-refractivity contribution in [3.05, 3.63) is 30.1 Å². The summed E-state index contributed by atoms with van der Waals surface area (Å²) in [4.78, 5) is 6.25. The van der Waals surface area contributed by atoms with Gasteiger partial charge in [0, 0.05) is 24.5 Å². The lowest BCUT2D eigenvalue weighted by atomic mass is 10.0. The van der Waals surface area contributed by atoms with Gasteiger partial charge in [-0.05, 0) is 58.6 Å². The van der Waals surface area contributed by atoms with Crippen LogP contribution in [0.2, 0.25) is 0 Å². The predicted octanol–water partition coefficient (Wildman–Crippen LogP) is 1.55. The van der Waals surface area contributed by atoms with E-state index in [1.807, 2.05) is 12.4 Å². The molecule has 0 aliphatic rings. The van der Waals surface area contributed by atoms with Crippen LogP contribution in [0.25, 0.3) is 0 Å². The first kappa shape index (κ1) is 13.1. The van der Waals surface area contributed by atoms with Crippen LogP contribution in [0.15, 0.2) is 24.5 Å². The molecule has 0 unspecified atom stereocenters. The van der Waals surface area contributed by atoms with Gasteiger partial charge in [0.1, 0.15) is 0 Å². The average Bonchev–Trinajstić information content (AvgIpc) is 2.26. The van der Waals surface area contributed by atoms with Crippen molar-refractivity contribution < 1.29 is 0 Å². The molecule has 0 saturated carbocycles. The van der Waals surface area contributed by atoms with E-state index in [0.29, 0.717) is 0 Å². The van der Waals surface area contributed by atoms with E-state index in [-0.39, 0.29) is 5.54 Å². The number of likely N-dealkylation sites (N-methyl/N-ethyl adjacent to an activating group) is 1. The first-order valence-corrected chi connectivity index (χ1v) is 5.79. The Labute approximate surface area is 98.9 Å². The molecule has 1 heterocycles. The van der Waals surface area contributed by atoms with E-state index in [1.165, 1.54) is 5.56 Å². The van der Waals surface area contributed by atoms with Crippen LogP contribution >= 0.6 is 0 Å². The standard InChI is InChI=1S/C13H23N3/c1-13(2,16(3)4)11-15-10-7-12-5-8-14-9-6-12/h5-6,8-9,15H,7,10-11H2,1-4H3. The van der Waals surface area contributed by atoms with Crippen LogP contribution < -0.4 is 5.32 Å². The van der Waals surface area contributed by atoms with E-state index in [9.17, 15) is 0 Å². The number of rotatable bonds is 6. The zero-order valence-electron chi connectivity index (χ0n) is 10.8. The normalized spacial score (nSPS) is 12.1. The second kappa shape index (κ2) is 5.97. The molecule has 0 saturated heterocycles. The molecular formula is C13H23N3. The second-order valence-electron chi connectivity index (χ2n) is 4.99. The van der Waals surface area contributed by atoms with Crippen LogP contribution in [0.1, 0.15) is 19.4 Å². The quantitative estimate of drug-likeness (QED) is 0.739. The molecule has 0 aliphatic carbocycles. The van der Waals surface area contributed by atoms with Gasteiger partial charge in [-0.2, -0.15) is 0 Å². The van der Waals surface area contributed by atoms with Gasteiger partial charge in [0.15, 0.2) is 0 Å². The fourth-order valence-electron chi connectivity index (χ4n) is 1.33. The lowest BCUT2D eigenvalue weighted by molar-refractivity contribution is 0.190. The zero-order valence-corrected chi connectivity index (χ0v) is 10.8. The molecule has 0 aliphatic heterocycles. The minimum atomic E-state index is 0.207. The Morgan fingerprint density at radius 2 is 1.88 bits per heavy atom. The molecule has 1 N–H and O–H groups in total. The number of nitrogens with one attached hydrogen (secondary N) is 1. The topological polar surface area (TPSA) is 28.2 Å². The summed E-state index contributed by atoms with van der Waals surface area (Å²) in [6.45, 7) is 6.51. The molecule has 16 heavy (non-hydrogen) atoms. The molecule has 90 valence electrons. The van der Waals surface area contributed by atoms with Crippen molar-refractivity contribution >= 4 is 0 Å². The minimum absolute atomic E-state index is 0.207. The van der Waals surface area contributed by atoms with Gasteiger partial charge in [0.25, 0.3) is 0 Å². The molecule has 1 aromatic rings. The summed E-state index contributed by atoms with van der Waals surface area (Å²) in [6, 6.07) is 4.14. The van der Waals surface area contributed by atoms with Crippen LogP contribution in [-0.4, -0.2) is 42.6 Å². The van der Waals surface area contributed by atoms with E-state index in [0.717, 1.165) is 19.5 Å². The van der Waals surface area contributed by atoms with E-state index >= 15 is 0 Å². The number of aromatic nitrogens is 1. The van der Waals surface area contributed by atoms with Gasteiger partial charge in [-0.1, -0.05) is 0 Å². The second-order valence-corrected chi connectivity index (χ2v) is 4.99. The van der Waals surface area contributed by atoms with Crippen molar-refractivity contribution in [1.29, 1.82) is 0 Å².